The molecule has 0 bridgehead atoms. The molecule has 0 radical (unpaired) electrons. The van der Waals surface area contributed by atoms with Crippen LogP contribution in [0.4, 0.5) is 11.6 Å². The molecule has 174 valence electrons. The van der Waals surface area contributed by atoms with Gasteiger partial charge in [-0.3, -0.25) is 0 Å². The quantitative estimate of drug-likeness (QED) is 0.518. The summed E-state index contributed by atoms with van der Waals surface area (Å²) in [6.45, 7) is 6.98. The molecule has 1 atom stereocenters. The first-order chi connectivity index (χ1) is 15.5. The molecule has 5 N–H and O–H groups in total. The van der Waals surface area contributed by atoms with Crippen molar-refractivity contribution < 1.29 is 9.84 Å². The van der Waals surface area contributed by atoms with Crippen molar-refractivity contribution in [2.75, 3.05) is 57.0 Å². The third-order valence-corrected chi connectivity index (χ3v) is 6.92. The highest BCUT2D eigenvalue weighted by molar-refractivity contribution is 5.66. The Labute approximate surface area is 190 Å². The molecule has 0 aliphatic carbocycles. The average molecular weight is 441 g/mol. The molecule has 2 aliphatic rings. The molecule has 2 aromatic rings. The van der Waals surface area contributed by atoms with Gasteiger partial charge in [0.2, 0.25) is 0 Å². The average Bonchev–Trinajstić information content (AvgIpc) is 2.81. The number of nitrogens with two attached hydrogens (primary N) is 1. The monoisotopic (exact) mass is 440 g/mol. The summed E-state index contributed by atoms with van der Waals surface area (Å²) in [5.41, 5.74) is 8.60. The first-order valence-electron chi connectivity index (χ1n) is 11.7. The van der Waals surface area contributed by atoms with Crippen molar-refractivity contribution in [3.63, 3.8) is 0 Å². The molecule has 1 aromatic heterocycles. The maximum atomic E-state index is 9.90. The number of aromatic nitrogens is 2. The van der Waals surface area contributed by atoms with Crippen LogP contribution in [0.15, 0.2) is 24.3 Å². The molecular weight excluding hydrogens is 404 g/mol. The summed E-state index contributed by atoms with van der Waals surface area (Å²) in [6, 6.07) is 7.65. The topological polar surface area (TPSA) is 109 Å². The second kappa shape index (κ2) is 10.0. The van der Waals surface area contributed by atoms with E-state index in [1.54, 1.807) is 7.05 Å². The second-order valence-electron chi connectivity index (χ2n) is 9.17. The van der Waals surface area contributed by atoms with Crippen molar-refractivity contribution in [2.45, 2.75) is 38.7 Å². The summed E-state index contributed by atoms with van der Waals surface area (Å²) >= 11 is 0. The van der Waals surface area contributed by atoms with E-state index in [0.29, 0.717) is 29.4 Å². The van der Waals surface area contributed by atoms with Crippen molar-refractivity contribution >= 4 is 11.6 Å². The largest absolute Gasteiger partial charge is 0.491 e. The fourth-order valence-electron chi connectivity index (χ4n) is 4.82. The highest BCUT2D eigenvalue weighted by Gasteiger charge is 2.36. The predicted molar refractivity (Wildman–Crippen MR) is 128 cm³/mol. The van der Waals surface area contributed by atoms with Gasteiger partial charge < -0.3 is 31.1 Å². The molecule has 3 heterocycles. The minimum Gasteiger partial charge on any atom is -0.491 e. The third-order valence-electron chi connectivity index (χ3n) is 6.92. The zero-order valence-electron chi connectivity index (χ0n) is 19.2. The van der Waals surface area contributed by atoms with E-state index in [-0.39, 0.29) is 6.61 Å². The smallest absolute Gasteiger partial charge is 0.164 e. The lowest BCUT2D eigenvalue weighted by Gasteiger charge is -2.45. The normalized spacial score (nSPS) is 19.2. The van der Waals surface area contributed by atoms with Crippen LogP contribution in [-0.2, 0) is 0 Å². The van der Waals surface area contributed by atoms with E-state index in [1.807, 2.05) is 31.2 Å². The first kappa shape index (κ1) is 22.8. The number of aliphatic hydroxyl groups is 1. The highest BCUT2D eigenvalue weighted by atomic mass is 16.5. The van der Waals surface area contributed by atoms with Gasteiger partial charge in [0.05, 0.1) is 0 Å². The molecular formula is C24H36N6O2. The number of nitrogens with one attached hydrogen (secondary N) is 2. The Morgan fingerprint density at radius 3 is 2.69 bits per heavy atom. The zero-order chi connectivity index (χ0) is 22.6. The standard InChI is InChI=1S/C24H36N6O2/c1-17-21(25)28-22(18-4-3-5-20(14-18)32-16-19(31)15-26-2)29-23(17)30-12-8-24(9-13-30)6-10-27-11-7-24/h3-5,14,19,26-27,31H,6-13,15-16H2,1-2H3,(H2,25,28,29). The minimum atomic E-state index is -0.566. The molecule has 1 aromatic carbocycles. The van der Waals surface area contributed by atoms with Crippen molar-refractivity contribution in [2.24, 2.45) is 5.41 Å². The zero-order valence-corrected chi connectivity index (χ0v) is 19.2. The van der Waals surface area contributed by atoms with E-state index >= 15 is 0 Å². The summed E-state index contributed by atoms with van der Waals surface area (Å²) in [5, 5.41) is 16.3. The van der Waals surface area contributed by atoms with Crippen LogP contribution >= 0.6 is 0 Å². The SMILES string of the molecule is CNCC(O)COc1cccc(-c2nc(N)c(C)c(N3CCC4(CCNCC4)CC3)n2)c1. The van der Waals surface area contributed by atoms with E-state index < -0.39 is 6.10 Å². The Bertz CT molecular complexity index is 905. The van der Waals surface area contributed by atoms with Crippen LogP contribution in [0.5, 0.6) is 5.75 Å². The van der Waals surface area contributed by atoms with Crippen LogP contribution in [0.3, 0.4) is 0 Å². The Morgan fingerprint density at radius 2 is 1.97 bits per heavy atom. The number of hydrogen-bond donors (Lipinski definition) is 4. The van der Waals surface area contributed by atoms with Crippen LogP contribution in [0, 0.1) is 12.3 Å². The van der Waals surface area contributed by atoms with Crippen LogP contribution in [0.2, 0.25) is 0 Å². The highest BCUT2D eigenvalue weighted by Crippen LogP contribution is 2.41. The summed E-state index contributed by atoms with van der Waals surface area (Å²) in [5.74, 6) is 2.73. The molecule has 8 heteroatoms. The van der Waals surface area contributed by atoms with Gasteiger partial charge in [0.25, 0.3) is 0 Å². The van der Waals surface area contributed by atoms with E-state index in [0.717, 1.165) is 43.1 Å². The number of nitrogen functional groups attached to an aromatic ring is 1. The molecule has 0 saturated carbocycles. The fourth-order valence-corrected chi connectivity index (χ4v) is 4.82. The fraction of sp³-hybridized carbons (Fsp3) is 0.583. The van der Waals surface area contributed by atoms with Crippen molar-refractivity contribution in [1.82, 2.24) is 20.6 Å². The van der Waals surface area contributed by atoms with Gasteiger partial charge in [-0.05, 0) is 70.3 Å². The Balaban J connectivity index is 1.51. The van der Waals surface area contributed by atoms with Gasteiger partial charge in [-0.15, -0.1) is 0 Å². The number of benzene rings is 1. The van der Waals surface area contributed by atoms with Crippen molar-refractivity contribution in [3.05, 3.63) is 29.8 Å². The molecule has 2 fully saturated rings. The van der Waals surface area contributed by atoms with Crippen molar-refractivity contribution in [1.29, 1.82) is 0 Å². The van der Waals surface area contributed by atoms with Crippen molar-refractivity contribution in [3.8, 4) is 17.1 Å². The number of anilines is 2. The molecule has 1 unspecified atom stereocenters. The molecule has 8 nitrogen and oxygen atoms in total. The molecule has 2 saturated heterocycles. The van der Waals surface area contributed by atoms with Gasteiger partial charge in [0.1, 0.15) is 30.1 Å². The van der Waals surface area contributed by atoms with E-state index in [2.05, 4.69) is 20.5 Å². The third kappa shape index (κ3) is 5.14. The van der Waals surface area contributed by atoms with Crippen LogP contribution < -0.4 is 26.0 Å². The number of rotatable bonds is 7. The van der Waals surface area contributed by atoms with Gasteiger partial charge >= 0.3 is 0 Å². The maximum Gasteiger partial charge on any atom is 0.164 e. The lowest BCUT2D eigenvalue weighted by molar-refractivity contribution is 0.108. The van der Waals surface area contributed by atoms with Gasteiger partial charge in [0.15, 0.2) is 5.82 Å². The molecule has 0 amide bonds. The molecule has 32 heavy (non-hydrogen) atoms. The second-order valence-corrected chi connectivity index (χ2v) is 9.17. The molecule has 4 rings (SSSR count). The number of piperidine rings is 2. The Kier molecular flexibility index (Phi) is 7.13. The van der Waals surface area contributed by atoms with E-state index in [1.165, 1.54) is 25.7 Å². The number of likely N-dealkylation sites (N-methyl/N-ethyl adjacent to an activating group) is 1. The summed E-state index contributed by atoms with van der Waals surface area (Å²) in [7, 11) is 1.80. The summed E-state index contributed by atoms with van der Waals surface area (Å²) < 4.78 is 5.75. The summed E-state index contributed by atoms with van der Waals surface area (Å²) in [4.78, 5) is 11.9. The van der Waals surface area contributed by atoms with Gasteiger partial charge in [0, 0.05) is 30.8 Å². The maximum absolute atomic E-state index is 9.90. The summed E-state index contributed by atoms with van der Waals surface area (Å²) in [6.07, 6.45) is 4.38. The Hall–Kier alpha value is -2.42. The number of aliphatic hydroxyl groups excluding tert-OH is 1. The van der Waals surface area contributed by atoms with Gasteiger partial charge in [-0.2, -0.15) is 0 Å². The molecule has 1 spiro atoms. The van der Waals surface area contributed by atoms with E-state index in [4.69, 9.17) is 15.5 Å². The van der Waals surface area contributed by atoms with Crippen LogP contribution in [0.25, 0.3) is 11.4 Å². The van der Waals surface area contributed by atoms with Gasteiger partial charge in [-0.25, -0.2) is 9.97 Å². The lowest BCUT2D eigenvalue weighted by Crippen LogP contribution is -2.46. The lowest BCUT2D eigenvalue weighted by atomic mass is 9.71. The predicted octanol–water partition coefficient (Wildman–Crippen LogP) is 1.96. The van der Waals surface area contributed by atoms with E-state index in [9.17, 15) is 5.11 Å². The number of ether oxygens (including phenoxy) is 1. The van der Waals surface area contributed by atoms with Crippen LogP contribution in [0.1, 0.15) is 31.2 Å². The number of hydrogen-bond acceptors (Lipinski definition) is 8. The van der Waals surface area contributed by atoms with Crippen LogP contribution in [-0.4, -0.2) is 67.6 Å². The first-order valence-corrected chi connectivity index (χ1v) is 11.7. The van der Waals surface area contributed by atoms with Gasteiger partial charge in [-0.1, -0.05) is 12.1 Å². The Morgan fingerprint density at radius 1 is 1.22 bits per heavy atom. The minimum absolute atomic E-state index is 0.220. The molecule has 2 aliphatic heterocycles. The number of nitrogens with zero attached hydrogens (tertiary/aromatic N) is 3.